The van der Waals surface area contributed by atoms with Crippen molar-refractivity contribution in [3.05, 3.63) is 170 Å². The molecule has 3 heterocycles. The van der Waals surface area contributed by atoms with E-state index in [9.17, 15) is 0 Å². The maximum absolute atomic E-state index is 5.58. The highest BCUT2D eigenvalue weighted by atomic mass is 15.3. The summed E-state index contributed by atoms with van der Waals surface area (Å²) in [4.78, 5) is 13.2. The van der Waals surface area contributed by atoms with Crippen molar-refractivity contribution in [2.45, 2.75) is 0 Å². The van der Waals surface area contributed by atoms with Crippen LogP contribution in [0, 0.1) is 0 Å². The van der Waals surface area contributed by atoms with Gasteiger partial charge in [0.2, 0.25) is 5.95 Å². The molecule has 1 aliphatic rings. The number of anilines is 3. The molecule has 50 heavy (non-hydrogen) atoms. The standard InChI is InChI=1S/C46H28N4/c1-2-16-31(17-3-1)49-38-24-9-7-20-34(38)44-36(22-12-26-40(44)49)45-33-19-6-8-23-37(33)47-46(48-45)50-39-25-11-15-30-14-10-21-35(42(30)39)43-32-18-5-4-13-29(32)27-28-41(43)50/h1-28H. The van der Waals surface area contributed by atoms with Gasteiger partial charge in [-0.3, -0.25) is 4.90 Å². The van der Waals surface area contributed by atoms with Crippen LogP contribution in [0.4, 0.5) is 17.3 Å². The Bertz CT molecular complexity index is 2990. The first-order chi connectivity index (χ1) is 24.8. The van der Waals surface area contributed by atoms with Crippen molar-refractivity contribution in [1.82, 2.24) is 14.5 Å². The number of para-hydroxylation sites is 3. The van der Waals surface area contributed by atoms with E-state index >= 15 is 0 Å². The summed E-state index contributed by atoms with van der Waals surface area (Å²) in [6.07, 6.45) is 0. The maximum Gasteiger partial charge on any atom is 0.235 e. The lowest BCUT2D eigenvalue weighted by molar-refractivity contribution is 1.12. The zero-order valence-electron chi connectivity index (χ0n) is 27.0. The Labute approximate surface area is 288 Å². The molecule has 0 aliphatic carbocycles. The van der Waals surface area contributed by atoms with Gasteiger partial charge in [0.1, 0.15) is 0 Å². The fraction of sp³-hybridized carbons (Fsp3) is 0. The van der Waals surface area contributed by atoms with Crippen LogP contribution in [0.2, 0.25) is 0 Å². The number of rotatable bonds is 3. The molecule has 0 radical (unpaired) electrons. The smallest absolute Gasteiger partial charge is 0.235 e. The summed E-state index contributed by atoms with van der Waals surface area (Å²) in [6, 6.07) is 60.6. The monoisotopic (exact) mass is 636 g/mol. The third-order valence-electron chi connectivity index (χ3n) is 10.3. The van der Waals surface area contributed by atoms with Gasteiger partial charge in [-0.25, -0.2) is 9.97 Å². The topological polar surface area (TPSA) is 34.0 Å². The molecule has 0 fully saturated rings. The van der Waals surface area contributed by atoms with Gasteiger partial charge in [-0.05, 0) is 64.2 Å². The van der Waals surface area contributed by atoms with Gasteiger partial charge in [-0.2, -0.15) is 0 Å². The van der Waals surface area contributed by atoms with E-state index in [0.29, 0.717) is 5.95 Å². The van der Waals surface area contributed by atoms with Crippen LogP contribution in [0.5, 0.6) is 0 Å². The van der Waals surface area contributed by atoms with Crippen LogP contribution in [0.15, 0.2) is 170 Å². The highest BCUT2D eigenvalue weighted by molar-refractivity contribution is 6.20. The number of fused-ring (bicyclic) bond motifs is 8. The molecule has 0 saturated carbocycles. The SMILES string of the molecule is c1ccc(-n2c3ccccc3c3c(-c4nc(N5c6ccc7ccccc7c6-c6cccc7cccc5c67)nc5ccccc45)cccc32)cc1. The lowest BCUT2D eigenvalue weighted by Gasteiger charge is -2.33. The van der Waals surface area contributed by atoms with Gasteiger partial charge in [-0.1, -0.05) is 127 Å². The Hall–Kier alpha value is -6.78. The number of nitrogens with zero attached hydrogens (tertiary/aromatic N) is 4. The Morgan fingerprint density at radius 3 is 1.98 bits per heavy atom. The van der Waals surface area contributed by atoms with Crippen molar-refractivity contribution in [3.8, 4) is 28.1 Å². The van der Waals surface area contributed by atoms with Crippen molar-refractivity contribution in [1.29, 1.82) is 0 Å². The third-order valence-corrected chi connectivity index (χ3v) is 10.3. The van der Waals surface area contributed by atoms with E-state index in [-0.39, 0.29) is 0 Å². The summed E-state index contributed by atoms with van der Waals surface area (Å²) in [5.74, 6) is 0.654. The Morgan fingerprint density at radius 2 is 1.08 bits per heavy atom. The van der Waals surface area contributed by atoms with Crippen molar-refractivity contribution >= 4 is 71.6 Å². The second-order valence-corrected chi connectivity index (χ2v) is 13.0. The summed E-state index contributed by atoms with van der Waals surface area (Å²) in [6.45, 7) is 0. The molecule has 4 nitrogen and oxygen atoms in total. The fourth-order valence-electron chi connectivity index (χ4n) is 8.23. The summed E-state index contributed by atoms with van der Waals surface area (Å²) in [5.41, 5.74) is 11.0. The molecular weight excluding hydrogens is 609 g/mol. The predicted octanol–water partition coefficient (Wildman–Crippen LogP) is 12.2. The van der Waals surface area contributed by atoms with E-state index in [1.165, 1.54) is 49.0 Å². The summed E-state index contributed by atoms with van der Waals surface area (Å²) in [5, 5.41) is 8.24. The van der Waals surface area contributed by atoms with Gasteiger partial charge >= 0.3 is 0 Å². The molecule has 0 N–H and O–H groups in total. The van der Waals surface area contributed by atoms with Crippen LogP contribution in [0.3, 0.4) is 0 Å². The van der Waals surface area contributed by atoms with Crippen LogP contribution in [-0.4, -0.2) is 14.5 Å². The van der Waals surface area contributed by atoms with E-state index in [1.54, 1.807) is 0 Å². The van der Waals surface area contributed by atoms with Crippen LogP contribution in [-0.2, 0) is 0 Å². The normalized spacial score (nSPS) is 12.4. The molecular formula is C46H28N4. The molecule has 1 aliphatic heterocycles. The molecule has 10 aromatic rings. The average molecular weight is 637 g/mol. The molecule has 11 rings (SSSR count). The minimum absolute atomic E-state index is 0.654. The highest BCUT2D eigenvalue weighted by Gasteiger charge is 2.30. The van der Waals surface area contributed by atoms with Crippen molar-refractivity contribution in [2.24, 2.45) is 0 Å². The second kappa shape index (κ2) is 10.4. The number of aromatic nitrogens is 3. The average Bonchev–Trinajstić information content (AvgIpc) is 3.52. The molecule has 0 spiro atoms. The zero-order chi connectivity index (χ0) is 32.8. The number of hydrogen-bond acceptors (Lipinski definition) is 3. The van der Waals surface area contributed by atoms with Crippen LogP contribution in [0.1, 0.15) is 0 Å². The van der Waals surface area contributed by atoms with Crippen LogP contribution >= 0.6 is 0 Å². The Kier molecular flexibility index (Phi) is 5.63. The minimum atomic E-state index is 0.654. The number of hydrogen-bond donors (Lipinski definition) is 0. The van der Waals surface area contributed by atoms with E-state index in [2.05, 4.69) is 179 Å². The summed E-state index contributed by atoms with van der Waals surface area (Å²) < 4.78 is 2.36. The predicted molar refractivity (Wildman–Crippen MR) is 208 cm³/mol. The maximum atomic E-state index is 5.58. The van der Waals surface area contributed by atoms with Gasteiger partial charge < -0.3 is 4.57 Å². The third kappa shape index (κ3) is 3.76. The molecule has 0 unspecified atom stereocenters. The van der Waals surface area contributed by atoms with Gasteiger partial charge in [0.05, 0.1) is 33.6 Å². The van der Waals surface area contributed by atoms with Gasteiger partial charge in [0.25, 0.3) is 0 Å². The van der Waals surface area contributed by atoms with E-state index in [0.717, 1.165) is 44.7 Å². The van der Waals surface area contributed by atoms with Gasteiger partial charge in [-0.15, -0.1) is 0 Å². The molecule has 4 heteroatoms. The second-order valence-electron chi connectivity index (χ2n) is 13.0. The molecule has 0 saturated heterocycles. The van der Waals surface area contributed by atoms with Crippen molar-refractivity contribution in [3.63, 3.8) is 0 Å². The van der Waals surface area contributed by atoms with E-state index in [1.807, 2.05) is 0 Å². The fourth-order valence-corrected chi connectivity index (χ4v) is 8.23. The van der Waals surface area contributed by atoms with Crippen LogP contribution in [0.25, 0.3) is 82.3 Å². The zero-order valence-corrected chi connectivity index (χ0v) is 27.0. The lowest BCUT2D eigenvalue weighted by Crippen LogP contribution is -2.18. The summed E-state index contributed by atoms with van der Waals surface area (Å²) >= 11 is 0. The molecule has 232 valence electrons. The minimum Gasteiger partial charge on any atom is -0.309 e. The molecule has 0 bridgehead atoms. The Morgan fingerprint density at radius 1 is 0.400 bits per heavy atom. The highest BCUT2D eigenvalue weighted by Crippen LogP contribution is 2.53. The lowest BCUT2D eigenvalue weighted by atomic mass is 9.88. The van der Waals surface area contributed by atoms with Crippen LogP contribution < -0.4 is 4.90 Å². The quantitative estimate of drug-likeness (QED) is 0.193. The first kappa shape index (κ1) is 27.2. The number of benzene rings is 8. The molecule has 8 aromatic carbocycles. The van der Waals surface area contributed by atoms with Gasteiger partial charge in [0.15, 0.2) is 0 Å². The largest absolute Gasteiger partial charge is 0.309 e. The first-order valence-electron chi connectivity index (χ1n) is 17.0. The Balaban J connectivity index is 1.25. The van der Waals surface area contributed by atoms with Crippen molar-refractivity contribution < 1.29 is 0 Å². The van der Waals surface area contributed by atoms with E-state index in [4.69, 9.17) is 9.97 Å². The van der Waals surface area contributed by atoms with Crippen molar-refractivity contribution in [2.75, 3.05) is 4.90 Å². The summed E-state index contributed by atoms with van der Waals surface area (Å²) in [7, 11) is 0. The molecule has 0 atom stereocenters. The molecule has 0 amide bonds. The van der Waals surface area contributed by atoms with E-state index < -0.39 is 0 Å². The molecule has 2 aromatic heterocycles. The first-order valence-corrected chi connectivity index (χ1v) is 17.0. The van der Waals surface area contributed by atoms with Gasteiger partial charge in [0, 0.05) is 38.4 Å².